The normalized spacial score (nSPS) is 10.3. The molecule has 0 atom stereocenters. The summed E-state index contributed by atoms with van der Waals surface area (Å²) in [5.74, 6) is 0.0396. The maximum absolute atomic E-state index is 11.6. The minimum atomic E-state index is -0.253. The van der Waals surface area contributed by atoms with E-state index in [-0.39, 0.29) is 5.91 Å². The fourth-order valence-electron chi connectivity index (χ4n) is 1.12. The fraction of sp³-hybridized carbons (Fsp3) is 0.250. The van der Waals surface area contributed by atoms with Gasteiger partial charge in [-0.1, -0.05) is 4.49 Å². The molecular weight excluding hydrogens is 228 g/mol. The maximum Gasteiger partial charge on any atom is 0.269 e. The Balaban J connectivity index is 1.96. The van der Waals surface area contributed by atoms with Crippen molar-refractivity contribution in [2.45, 2.75) is 13.5 Å². The van der Waals surface area contributed by atoms with Gasteiger partial charge in [0.25, 0.3) is 5.91 Å². The summed E-state index contributed by atoms with van der Waals surface area (Å²) >= 11 is 1.27. The lowest BCUT2D eigenvalue weighted by Gasteiger charge is -2.00. The second kappa shape index (κ2) is 4.27. The maximum atomic E-state index is 11.6. The Morgan fingerprint density at radius 3 is 3.06 bits per heavy atom. The fourth-order valence-corrected chi connectivity index (χ4v) is 1.69. The van der Waals surface area contributed by atoms with Crippen LogP contribution >= 0.6 is 11.5 Å². The van der Waals surface area contributed by atoms with Gasteiger partial charge in [-0.25, -0.2) is 0 Å². The van der Waals surface area contributed by atoms with E-state index < -0.39 is 0 Å². The van der Waals surface area contributed by atoms with Gasteiger partial charge in [-0.05, 0) is 18.5 Å². The summed E-state index contributed by atoms with van der Waals surface area (Å²) in [6, 6.07) is 1.48. The first-order valence-corrected chi connectivity index (χ1v) is 5.31. The van der Waals surface area contributed by atoms with Gasteiger partial charge in [-0.15, -0.1) is 5.10 Å². The number of carbonyl (C=O) groups excluding carboxylic acids is 1. The number of nitrogen functional groups attached to an aromatic ring is 1. The number of hydrogen-bond donors (Lipinski definition) is 3. The molecule has 0 radical (unpaired) electrons. The van der Waals surface area contributed by atoms with E-state index in [9.17, 15) is 4.79 Å². The van der Waals surface area contributed by atoms with Crippen molar-refractivity contribution in [3.63, 3.8) is 0 Å². The summed E-state index contributed by atoms with van der Waals surface area (Å²) < 4.78 is 3.78. The summed E-state index contributed by atoms with van der Waals surface area (Å²) in [4.78, 5) is 12.5. The van der Waals surface area contributed by atoms with Crippen molar-refractivity contribution < 1.29 is 4.79 Å². The van der Waals surface area contributed by atoms with Gasteiger partial charge in [-0.2, -0.15) is 5.10 Å². The summed E-state index contributed by atoms with van der Waals surface area (Å²) in [6.07, 6.45) is 0. The van der Waals surface area contributed by atoms with Crippen molar-refractivity contribution >= 4 is 23.3 Å². The molecule has 0 fully saturated rings. The molecule has 16 heavy (non-hydrogen) atoms. The molecule has 2 aromatic rings. The Labute approximate surface area is 95.2 Å². The van der Waals surface area contributed by atoms with Crippen LogP contribution in [0.15, 0.2) is 6.07 Å². The van der Waals surface area contributed by atoms with E-state index in [1.807, 2.05) is 6.92 Å². The van der Waals surface area contributed by atoms with Crippen molar-refractivity contribution in [2.24, 2.45) is 0 Å². The molecule has 0 saturated carbocycles. The molecule has 0 aromatic carbocycles. The molecule has 8 heteroatoms. The third-order valence-corrected chi connectivity index (χ3v) is 2.82. The van der Waals surface area contributed by atoms with Gasteiger partial charge in [0, 0.05) is 6.07 Å². The van der Waals surface area contributed by atoms with E-state index in [1.165, 1.54) is 17.6 Å². The zero-order valence-corrected chi connectivity index (χ0v) is 9.34. The van der Waals surface area contributed by atoms with Crippen molar-refractivity contribution in [1.82, 2.24) is 25.1 Å². The number of aromatic amines is 1. The number of aryl methyl sites for hydroxylation is 1. The molecule has 0 aliphatic heterocycles. The predicted molar refractivity (Wildman–Crippen MR) is 58.8 cm³/mol. The number of nitrogens with one attached hydrogen (secondary N) is 2. The van der Waals surface area contributed by atoms with Crippen LogP contribution in [0.25, 0.3) is 0 Å². The largest absolute Gasteiger partial charge is 0.382 e. The Morgan fingerprint density at radius 1 is 1.69 bits per heavy atom. The predicted octanol–water partition coefficient (Wildman–Crippen LogP) is 0.0818. The van der Waals surface area contributed by atoms with Crippen LogP contribution in [0, 0.1) is 6.92 Å². The molecular formula is C8H10N6OS. The molecule has 2 rings (SSSR count). The number of nitrogens with zero attached hydrogens (tertiary/aromatic N) is 3. The zero-order valence-electron chi connectivity index (χ0n) is 8.52. The van der Waals surface area contributed by atoms with Gasteiger partial charge in [0.1, 0.15) is 11.5 Å². The topological polar surface area (TPSA) is 110 Å². The van der Waals surface area contributed by atoms with Crippen LogP contribution in [0.4, 0.5) is 5.82 Å². The lowest BCUT2D eigenvalue weighted by atomic mass is 10.3. The van der Waals surface area contributed by atoms with Gasteiger partial charge in [-0.3, -0.25) is 9.89 Å². The van der Waals surface area contributed by atoms with E-state index in [1.54, 1.807) is 0 Å². The smallest absolute Gasteiger partial charge is 0.269 e. The number of rotatable bonds is 3. The van der Waals surface area contributed by atoms with Crippen LogP contribution in [-0.4, -0.2) is 25.7 Å². The van der Waals surface area contributed by atoms with Gasteiger partial charge in [0.05, 0.1) is 17.1 Å². The highest BCUT2D eigenvalue weighted by atomic mass is 32.1. The summed E-state index contributed by atoms with van der Waals surface area (Å²) in [5, 5.41) is 12.8. The third-order valence-electron chi connectivity index (χ3n) is 2.00. The molecule has 7 nitrogen and oxygen atoms in total. The SMILES string of the molecule is Cc1nnsc1CNC(=O)c1cc(N)n[nH]1. The molecule has 0 aliphatic carbocycles. The van der Waals surface area contributed by atoms with Crippen LogP contribution in [0.1, 0.15) is 21.1 Å². The second-order valence-electron chi connectivity index (χ2n) is 3.17. The summed E-state index contributed by atoms with van der Waals surface area (Å²) in [7, 11) is 0. The Bertz CT molecular complexity index is 504. The molecule has 2 aromatic heterocycles. The number of hydrogen-bond acceptors (Lipinski definition) is 6. The summed E-state index contributed by atoms with van der Waals surface area (Å²) in [5.41, 5.74) is 6.56. The molecule has 2 heterocycles. The highest BCUT2D eigenvalue weighted by Gasteiger charge is 2.10. The molecule has 0 spiro atoms. The molecule has 0 bridgehead atoms. The van der Waals surface area contributed by atoms with E-state index in [4.69, 9.17) is 5.73 Å². The first-order valence-electron chi connectivity index (χ1n) is 4.53. The number of nitrogens with two attached hydrogens (primary N) is 1. The monoisotopic (exact) mass is 238 g/mol. The number of anilines is 1. The molecule has 84 valence electrons. The highest BCUT2D eigenvalue weighted by Crippen LogP contribution is 2.08. The van der Waals surface area contributed by atoms with E-state index >= 15 is 0 Å². The van der Waals surface area contributed by atoms with Gasteiger partial charge < -0.3 is 11.1 Å². The molecule has 0 aliphatic rings. The van der Waals surface area contributed by atoms with Crippen molar-refractivity contribution in [1.29, 1.82) is 0 Å². The Hall–Kier alpha value is -1.96. The van der Waals surface area contributed by atoms with Crippen LogP contribution in [0.2, 0.25) is 0 Å². The number of carbonyl (C=O) groups is 1. The van der Waals surface area contributed by atoms with Gasteiger partial charge in [0.2, 0.25) is 0 Å². The average molecular weight is 238 g/mol. The Morgan fingerprint density at radius 2 is 2.50 bits per heavy atom. The van der Waals surface area contributed by atoms with Crippen LogP contribution in [0.5, 0.6) is 0 Å². The standard InChI is InChI=1S/C8H10N6OS/c1-4-6(16-14-11-4)3-10-8(15)5-2-7(9)13-12-5/h2H,3H2,1H3,(H,10,15)(H3,9,12,13). The lowest BCUT2D eigenvalue weighted by molar-refractivity contribution is 0.0946. The lowest BCUT2D eigenvalue weighted by Crippen LogP contribution is -2.23. The van der Waals surface area contributed by atoms with Crippen molar-refractivity contribution in [3.8, 4) is 0 Å². The molecule has 0 unspecified atom stereocenters. The Kier molecular flexibility index (Phi) is 2.82. The first kappa shape index (κ1) is 10.6. The van der Waals surface area contributed by atoms with Crippen LogP contribution in [0.3, 0.4) is 0 Å². The van der Waals surface area contributed by atoms with Crippen molar-refractivity contribution in [3.05, 3.63) is 22.3 Å². The summed E-state index contributed by atoms with van der Waals surface area (Å²) in [6.45, 7) is 2.25. The quantitative estimate of drug-likeness (QED) is 0.701. The average Bonchev–Trinajstić information content (AvgIpc) is 2.84. The molecule has 0 saturated heterocycles. The highest BCUT2D eigenvalue weighted by molar-refractivity contribution is 7.05. The van der Waals surface area contributed by atoms with Gasteiger partial charge >= 0.3 is 0 Å². The number of amides is 1. The van der Waals surface area contributed by atoms with Crippen LogP contribution in [-0.2, 0) is 6.54 Å². The molecule has 1 amide bonds. The number of aromatic nitrogens is 4. The minimum Gasteiger partial charge on any atom is -0.382 e. The zero-order chi connectivity index (χ0) is 11.5. The minimum absolute atomic E-state index is 0.253. The van der Waals surface area contributed by atoms with Crippen LogP contribution < -0.4 is 11.1 Å². The van der Waals surface area contributed by atoms with Crippen molar-refractivity contribution in [2.75, 3.05) is 5.73 Å². The van der Waals surface area contributed by atoms with Gasteiger partial charge in [0.15, 0.2) is 0 Å². The van der Waals surface area contributed by atoms with E-state index in [0.29, 0.717) is 18.1 Å². The third kappa shape index (κ3) is 2.16. The molecule has 4 N–H and O–H groups in total. The van der Waals surface area contributed by atoms with E-state index in [2.05, 4.69) is 25.1 Å². The first-order chi connectivity index (χ1) is 7.66. The second-order valence-corrected chi connectivity index (χ2v) is 4.01. The number of H-pyrrole nitrogens is 1. The van der Waals surface area contributed by atoms with E-state index in [0.717, 1.165) is 10.6 Å².